The molecule has 0 spiro atoms. The molecule has 3 aromatic carbocycles. The number of amides is 1. The van der Waals surface area contributed by atoms with Gasteiger partial charge in [-0.1, -0.05) is 49.0 Å². The van der Waals surface area contributed by atoms with Gasteiger partial charge in [0.1, 0.15) is 5.75 Å². The van der Waals surface area contributed by atoms with E-state index in [1.807, 2.05) is 37.3 Å². The van der Waals surface area contributed by atoms with Gasteiger partial charge in [0, 0.05) is 24.2 Å². The summed E-state index contributed by atoms with van der Waals surface area (Å²) in [4.78, 5) is 43.6. The molecule has 0 bridgehead atoms. The largest absolute Gasteiger partial charge is 0.497 e. The first-order valence-electron chi connectivity index (χ1n) is 12.2. The number of ether oxygens (including phenoxy) is 1. The quantitative estimate of drug-likeness (QED) is 0.176. The predicted molar refractivity (Wildman–Crippen MR) is 147 cm³/mol. The van der Waals surface area contributed by atoms with Gasteiger partial charge in [-0.2, -0.15) is 0 Å². The molecule has 0 radical (unpaired) electrons. The van der Waals surface area contributed by atoms with Crippen molar-refractivity contribution in [2.75, 3.05) is 19.4 Å². The summed E-state index contributed by atoms with van der Waals surface area (Å²) in [6.45, 7) is 2.97. The van der Waals surface area contributed by atoms with Gasteiger partial charge in [0.25, 0.3) is 11.5 Å². The van der Waals surface area contributed by atoms with E-state index >= 15 is 0 Å². The Bertz CT molecular complexity index is 1450. The van der Waals surface area contributed by atoms with E-state index in [2.05, 4.69) is 5.32 Å². The van der Waals surface area contributed by atoms with Crippen LogP contribution in [-0.4, -0.2) is 40.6 Å². The maximum Gasteiger partial charge on any atom is 0.262 e. The number of methoxy groups -OCH3 is 1. The summed E-state index contributed by atoms with van der Waals surface area (Å²) in [5, 5.41) is 3.73. The number of rotatable bonds is 11. The minimum Gasteiger partial charge on any atom is -0.497 e. The number of ketones is 1. The summed E-state index contributed by atoms with van der Waals surface area (Å²) in [6, 6.07) is 21.8. The summed E-state index contributed by atoms with van der Waals surface area (Å²) >= 11 is 1.22. The van der Waals surface area contributed by atoms with Crippen LogP contribution in [0.15, 0.2) is 82.7 Å². The molecule has 1 aromatic heterocycles. The molecule has 0 aliphatic carbocycles. The number of hydrogen-bond acceptors (Lipinski definition) is 6. The van der Waals surface area contributed by atoms with E-state index in [1.165, 1.54) is 11.8 Å². The van der Waals surface area contributed by atoms with Crippen LogP contribution in [-0.2, 0) is 13.0 Å². The summed E-state index contributed by atoms with van der Waals surface area (Å²) in [7, 11) is 1.58. The van der Waals surface area contributed by atoms with Crippen LogP contribution in [0, 0.1) is 0 Å². The van der Waals surface area contributed by atoms with E-state index in [-0.39, 0.29) is 23.0 Å². The van der Waals surface area contributed by atoms with Crippen molar-refractivity contribution in [3.8, 4) is 5.75 Å². The highest BCUT2D eigenvalue weighted by Gasteiger charge is 2.16. The second-order valence-corrected chi connectivity index (χ2v) is 9.46. The molecule has 0 aliphatic heterocycles. The smallest absolute Gasteiger partial charge is 0.262 e. The van der Waals surface area contributed by atoms with E-state index in [9.17, 15) is 14.4 Å². The molecule has 1 N–H and O–H groups in total. The van der Waals surface area contributed by atoms with Gasteiger partial charge in [0.05, 0.1) is 23.8 Å². The highest BCUT2D eigenvalue weighted by atomic mass is 32.2. The van der Waals surface area contributed by atoms with Gasteiger partial charge in [0.15, 0.2) is 10.9 Å². The zero-order chi connectivity index (χ0) is 26.2. The van der Waals surface area contributed by atoms with Crippen molar-refractivity contribution in [2.24, 2.45) is 0 Å². The monoisotopic (exact) mass is 515 g/mol. The van der Waals surface area contributed by atoms with Crippen LogP contribution in [0.2, 0.25) is 0 Å². The Labute approximate surface area is 219 Å². The van der Waals surface area contributed by atoms with E-state index in [4.69, 9.17) is 9.72 Å². The molecule has 0 saturated carbocycles. The van der Waals surface area contributed by atoms with E-state index in [0.717, 1.165) is 12.0 Å². The third kappa shape index (κ3) is 6.46. The van der Waals surface area contributed by atoms with Crippen LogP contribution in [0.1, 0.15) is 39.6 Å². The summed E-state index contributed by atoms with van der Waals surface area (Å²) in [6.07, 6.45) is 1.47. The van der Waals surface area contributed by atoms with Crippen molar-refractivity contribution < 1.29 is 14.3 Å². The Balaban J connectivity index is 1.65. The van der Waals surface area contributed by atoms with E-state index in [0.29, 0.717) is 52.4 Å². The molecule has 0 aliphatic rings. The molecular formula is C29H29N3O4S. The molecule has 0 atom stereocenters. The molecule has 4 aromatic rings. The average Bonchev–Trinajstić information content (AvgIpc) is 2.94. The van der Waals surface area contributed by atoms with Gasteiger partial charge < -0.3 is 10.1 Å². The lowest BCUT2D eigenvalue weighted by Gasteiger charge is -2.14. The molecule has 7 nitrogen and oxygen atoms in total. The topological polar surface area (TPSA) is 90.3 Å². The molecule has 0 fully saturated rings. The van der Waals surface area contributed by atoms with Crippen LogP contribution in [0.4, 0.5) is 0 Å². The van der Waals surface area contributed by atoms with E-state index in [1.54, 1.807) is 54.1 Å². The zero-order valence-corrected chi connectivity index (χ0v) is 21.7. The first-order valence-corrected chi connectivity index (χ1v) is 13.2. The fourth-order valence-corrected chi connectivity index (χ4v) is 4.79. The lowest BCUT2D eigenvalue weighted by Crippen LogP contribution is -2.26. The number of aryl methyl sites for hydroxylation is 1. The van der Waals surface area contributed by atoms with Crippen molar-refractivity contribution in [1.29, 1.82) is 0 Å². The molecular weight excluding hydrogens is 486 g/mol. The third-order valence-electron chi connectivity index (χ3n) is 5.93. The standard InChI is InChI=1S/C29H29N3O4S/c1-3-16-30-27(34)22-11-14-24-25(18-22)31-29(32(28(24)35)17-15-20-7-5-4-6-8-20)37-19-26(33)21-9-12-23(36-2)13-10-21/h4-14,18H,3,15-17,19H2,1-2H3,(H,30,34). The van der Waals surface area contributed by atoms with Crippen LogP contribution in [0.5, 0.6) is 5.75 Å². The second-order valence-electron chi connectivity index (χ2n) is 8.51. The van der Waals surface area contributed by atoms with E-state index < -0.39 is 0 Å². The van der Waals surface area contributed by atoms with Crippen molar-refractivity contribution >= 4 is 34.4 Å². The van der Waals surface area contributed by atoms with Crippen molar-refractivity contribution in [1.82, 2.24) is 14.9 Å². The minimum absolute atomic E-state index is 0.0793. The van der Waals surface area contributed by atoms with Crippen molar-refractivity contribution in [2.45, 2.75) is 31.5 Å². The number of benzene rings is 3. The number of fused-ring (bicyclic) bond motifs is 1. The Hall–Kier alpha value is -3.91. The minimum atomic E-state index is -0.206. The van der Waals surface area contributed by atoms with Crippen LogP contribution >= 0.6 is 11.8 Å². The molecule has 190 valence electrons. The van der Waals surface area contributed by atoms with Crippen LogP contribution in [0.25, 0.3) is 10.9 Å². The number of aromatic nitrogens is 2. The average molecular weight is 516 g/mol. The molecule has 8 heteroatoms. The van der Waals surface area contributed by atoms with Crippen molar-refractivity contribution in [3.63, 3.8) is 0 Å². The fraction of sp³-hybridized carbons (Fsp3) is 0.241. The summed E-state index contributed by atoms with van der Waals surface area (Å²) < 4.78 is 6.79. The van der Waals surface area contributed by atoms with Gasteiger partial charge >= 0.3 is 0 Å². The lowest BCUT2D eigenvalue weighted by atomic mass is 10.1. The van der Waals surface area contributed by atoms with Crippen molar-refractivity contribution in [3.05, 3.63) is 99.8 Å². The number of hydrogen-bond donors (Lipinski definition) is 1. The predicted octanol–water partition coefficient (Wildman–Crippen LogP) is 4.76. The Morgan fingerprint density at radius 2 is 1.73 bits per heavy atom. The molecule has 1 amide bonds. The zero-order valence-electron chi connectivity index (χ0n) is 20.9. The molecule has 4 rings (SSSR count). The molecule has 37 heavy (non-hydrogen) atoms. The maximum absolute atomic E-state index is 13.5. The fourth-order valence-electron chi connectivity index (χ4n) is 3.87. The second kappa shape index (κ2) is 12.4. The number of thioether (sulfide) groups is 1. The number of Topliss-reactive ketones (excluding diaryl/α,β-unsaturated/α-hetero) is 1. The van der Waals surface area contributed by atoms with Gasteiger partial charge in [-0.25, -0.2) is 4.98 Å². The van der Waals surface area contributed by atoms with Gasteiger partial charge in [-0.3, -0.25) is 19.0 Å². The highest BCUT2D eigenvalue weighted by Crippen LogP contribution is 2.21. The molecule has 1 heterocycles. The lowest BCUT2D eigenvalue weighted by molar-refractivity contribution is 0.0952. The normalized spacial score (nSPS) is 10.9. The van der Waals surface area contributed by atoms with Gasteiger partial charge in [-0.15, -0.1) is 0 Å². The summed E-state index contributed by atoms with van der Waals surface area (Å²) in [5.74, 6) is 0.507. The highest BCUT2D eigenvalue weighted by molar-refractivity contribution is 7.99. The number of carbonyl (C=O) groups excluding carboxylic acids is 2. The third-order valence-corrected chi connectivity index (χ3v) is 6.91. The summed E-state index contributed by atoms with van der Waals surface area (Å²) in [5.41, 5.74) is 2.34. The maximum atomic E-state index is 13.5. The number of nitrogens with zero attached hydrogens (tertiary/aromatic N) is 2. The first-order chi connectivity index (χ1) is 18.0. The SMILES string of the molecule is CCCNC(=O)c1ccc2c(=O)n(CCc3ccccc3)c(SCC(=O)c3ccc(OC)cc3)nc2c1. The van der Waals surface area contributed by atoms with Gasteiger partial charge in [0.2, 0.25) is 0 Å². The number of carbonyl (C=O) groups is 2. The Morgan fingerprint density at radius 1 is 1.00 bits per heavy atom. The van der Waals surface area contributed by atoms with Crippen LogP contribution in [0.3, 0.4) is 0 Å². The first kappa shape index (κ1) is 26.2. The van der Waals surface area contributed by atoms with Crippen LogP contribution < -0.4 is 15.6 Å². The number of nitrogens with one attached hydrogen (secondary N) is 1. The Morgan fingerprint density at radius 3 is 2.43 bits per heavy atom. The van der Waals surface area contributed by atoms with Gasteiger partial charge in [-0.05, 0) is 60.9 Å². The molecule has 0 unspecified atom stereocenters. The molecule has 0 saturated heterocycles. The Kier molecular flexibility index (Phi) is 8.74.